The Bertz CT molecular complexity index is 784. The van der Waals surface area contributed by atoms with Gasteiger partial charge in [-0.2, -0.15) is 13.2 Å². The van der Waals surface area contributed by atoms with Gasteiger partial charge in [-0.1, -0.05) is 18.2 Å². The number of nitrogens with zero attached hydrogens (tertiary/aromatic N) is 1. The minimum absolute atomic E-state index is 0.173. The van der Waals surface area contributed by atoms with Crippen LogP contribution >= 0.6 is 0 Å². The molecule has 2 aromatic rings. The molecule has 3 rings (SSSR count). The van der Waals surface area contributed by atoms with E-state index >= 15 is 0 Å². The Morgan fingerprint density at radius 2 is 1.93 bits per heavy atom. The number of amides is 1. The zero-order valence-corrected chi connectivity index (χ0v) is 15.1. The van der Waals surface area contributed by atoms with Gasteiger partial charge in [0, 0.05) is 12.2 Å². The van der Waals surface area contributed by atoms with Crippen LogP contribution in [0.2, 0.25) is 0 Å². The Labute approximate surface area is 160 Å². The number of carbonyl (C=O) groups is 1. The first-order valence-electron chi connectivity index (χ1n) is 9.08. The van der Waals surface area contributed by atoms with Crippen LogP contribution in [0, 0.1) is 0 Å². The van der Waals surface area contributed by atoms with Crippen molar-refractivity contribution in [1.82, 2.24) is 10.3 Å². The highest BCUT2D eigenvalue weighted by atomic mass is 19.4. The molecular weight excluding hydrogens is 373 g/mol. The first-order chi connectivity index (χ1) is 13.4. The SMILES string of the molecule is O=C(N[C@H]1CCC[C@H](OCC(F)(F)F)C1)c1cccnc1Oc1ccccc1. The Morgan fingerprint density at radius 3 is 2.68 bits per heavy atom. The van der Waals surface area contributed by atoms with Gasteiger partial charge in [-0.05, 0) is 49.9 Å². The van der Waals surface area contributed by atoms with Crippen molar-refractivity contribution in [2.45, 2.75) is 44.0 Å². The molecule has 1 N–H and O–H groups in total. The number of benzene rings is 1. The number of hydrogen-bond acceptors (Lipinski definition) is 4. The van der Waals surface area contributed by atoms with E-state index in [1.807, 2.05) is 6.07 Å². The first kappa shape index (κ1) is 20.1. The van der Waals surface area contributed by atoms with Crippen molar-refractivity contribution < 1.29 is 27.4 Å². The molecule has 5 nitrogen and oxygen atoms in total. The molecule has 28 heavy (non-hydrogen) atoms. The lowest BCUT2D eigenvalue weighted by Crippen LogP contribution is -2.41. The van der Waals surface area contributed by atoms with Crippen LogP contribution in [-0.2, 0) is 4.74 Å². The van der Waals surface area contributed by atoms with Crippen LogP contribution in [0.25, 0.3) is 0 Å². The largest absolute Gasteiger partial charge is 0.438 e. The van der Waals surface area contributed by atoms with Gasteiger partial charge >= 0.3 is 6.18 Å². The lowest BCUT2D eigenvalue weighted by Gasteiger charge is -2.30. The van der Waals surface area contributed by atoms with Crippen LogP contribution in [0.1, 0.15) is 36.0 Å². The number of alkyl halides is 3. The third-order valence-electron chi connectivity index (χ3n) is 4.42. The lowest BCUT2D eigenvalue weighted by atomic mass is 9.92. The van der Waals surface area contributed by atoms with E-state index in [0.717, 1.165) is 0 Å². The summed E-state index contributed by atoms with van der Waals surface area (Å²) in [6.07, 6.45) is -1.07. The number of para-hydroxylation sites is 1. The second kappa shape index (κ2) is 9.05. The molecule has 1 aliphatic carbocycles. The van der Waals surface area contributed by atoms with Gasteiger partial charge in [-0.15, -0.1) is 0 Å². The topological polar surface area (TPSA) is 60.5 Å². The summed E-state index contributed by atoms with van der Waals surface area (Å²) in [4.78, 5) is 16.8. The van der Waals surface area contributed by atoms with Crippen molar-refractivity contribution in [2.24, 2.45) is 0 Å². The second-order valence-electron chi connectivity index (χ2n) is 6.66. The predicted octanol–water partition coefficient (Wildman–Crippen LogP) is 4.49. The van der Waals surface area contributed by atoms with Crippen molar-refractivity contribution in [1.29, 1.82) is 0 Å². The number of aromatic nitrogens is 1. The maximum Gasteiger partial charge on any atom is 0.411 e. The molecule has 0 bridgehead atoms. The lowest BCUT2D eigenvalue weighted by molar-refractivity contribution is -0.188. The molecule has 0 spiro atoms. The second-order valence-corrected chi connectivity index (χ2v) is 6.66. The quantitative estimate of drug-likeness (QED) is 0.784. The number of ether oxygens (including phenoxy) is 2. The van der Waals surface area contributed by atoms with Crippen LogP contribution in [-0.4, -0.2) is 35.8 Å². The molecule has 2 atom stereocenters. The van der Waals surface area contributed by atoms with Gasteiger partial charge in [0.2, 0.25) is 5.88 Å². The summed E-state index contributed by atoms with van der Waals surface area (Å²) in [6, 6.07) is 11.9. The molecule has 1 fully saturated rings. The van der Waals surface area contributed by atoms with Crippen LogP contribution < -0.4 is 10.1 Å². The van der Waals surface area contributed by atoms with Gasteiger partial charge in [-0.3, -0.25) is 4.79 Å². The van der Waals surface area contributed by atoms with E-state index in [-0.39, 0.29) is 23.4 Å². The molecule has 1 amide bonds. The Balaban J connectivity index is 1.61. The number of nitrogens with one attached hydrogen (secondary N) is 1. The molecule has 1 heterocycles. The highest BCUT2D eigenvalue weighted by Crippen LogP contribution is 2.26. The summed E-state index contributed by atoms with van der Waals surface area (Å²) in [5, 5.41) is 2.87. The average Bonchev–Trinajstić information content (AvgIpc) is 2.67. The zero-order chi connectivity index (χ0) is 20.0. The summed E-state index contributed by atoms with van der Waals surface area (Å²) < 4.78 is 47.7. The summed E-state index contributed by atoms with van der Waals surface area (Å²) in [7, 11) is 0. The van der Waals surface area contributed by atoms with Crippen molar-refractivity contribution in [2.75, 3.05) is 6.61 Å². The van der Waals surface area contributed by atoms with Gasteiger partial charge in [0.25, 0.3) is 5.91 Å². The summed E-state index contributed by atoms with van der Waals surface area (Å²) >= 11 is 0. The highest BCUT2D eigenvalue weighted by molar-refractivity contribution is 5.96. The normalized spacial score (nSPS) is 19.8. The fraction of sp³-hybridized carbons (Fsp3) is 0.400. The van der Waals surface area contributed by atoms with Crippen LogP contribution in [0.15, 0.2) is 48.7 Å². The number of pyridine rings is 1. The third kappa shape index (κ3) is 5.95. The molecule has 1 aliphatic rings. The molecule has 0 saturated heterocycles. The Hall–Kier alpha value is -2.61. The maximum absolute atomic E-state index is 12.7. The number of carbonyl (C=O) groups excluding carboxylic acids is 1. The minimum Gasteiger partial charge on any atom is -0.438 e. The Kier molecular flexibility index (Phi) is 6.51. The van der Waals surface area contributed by atoms with Crippen LogP contribution in [0.5, 0.6) is 11.6 Å². The molecule has 1 aromatic carbocycles. The van der Waals surface area contributed by atoms with Crippen LogP contribution in [0.3, 0.4) is 0 Å². The van der Waals surface area contributed by atoms with Crippen molar-refractivity contribution in [3.05, 3.63) is 54.2 Å². The molecule has 1 saturated carbocycles. The van der Waals surface area contributed by atoms with Crippen LogP contribution in [0.4, 0.5) is 13.2 Å². The van der Waals surface area contributed by atoms with Crippen molar-refractivity contribution in [3.8, 4) is 11.6 Å². The molecule has 150 valence electrons. The van der Waals surface area contributed by atoms with E-state index in [1.54, 1.807) is 36.4 Å². The van der Waals surface area contributed by atoms with E-state index in [2.05, 4.69) is 10.3 Å². The van der Waals surface area contributed by atoms with Gasteiger partial charge in [0.1, 0.15) is 17.9 Å². The minimum atomic E-state index is -4.35. The fourth-order valence-electron chi connectivity index (χ4n) is 3.15. The molecular formula is C20H21F3N2O3. The standard InChI is InChI=1S/C20H21F3N2O3/c21-20(22,23)13-27-16-9-4-6-14(12-16)25-18(26)17-10-5-11-24-19(17)28-15-7-2-1-3-8-15/h1-3,5,7-8,10-11,14,16H,4,6,9,12-13H2,(H,25,26)/t14-,16-/m0/s1. The fourth-order valence-corrected chi connectivity index (χ4v) is 3.15. The van der Waals surface area contributed by atoms with E-state index in [1.165, 1.54) is 6.20 Å². The predicted molar refractivity (Wildman–Crippen MR) is 96.3 cm³/mol. The van der Waals surface area contributed by atoms with Gasteiger partial charge in [-0.25, -0.2) is 4.98 Å². The molecule has 8 heteroatoms. The highest BCUT2D eigenvalue weighted by Gasteiger charge is 2.31. The molecule has 0 aliphatic heterocycles. The number of hydrogen-bond donors (Lipinski definition) is 1. The number of rotatable bonds is 6. The molecule has 1 aromatic heterocycles. The maximum atomic E-state index is 12.7. The van der Waals surface area contributed by atoms with Crippen molar-refractivity contribution in [3.63, 3.8) is 0 Å². The van der Waals surface area contributed by atoms with E-state index < -0.39 is 18.9 Å². The zero-order valence-electron chi connectivity index (χ0n) is 15.1. The van der Waals surface area contributed by atoms with E-state index in [4.69, 9.17) is 9.47 Å². The number of halogens is 3. The van der Waals surface area contributed by atoms with Crippen molar-refractivity contribution >= 4 is 5.91 Å². The van der Waals surface area contributed by atoms with E-state index in [9.17, 15) is 18.0 Å². The first-order valence-corrected chi connectivity index (χ1v) is 9.08. The molecule has 0 unspecified atom stereocenters. The summed E-state index contributed by atoms with van der Waals surface area (Å²) in [6.45, 7) is -1.27. The smallest absolute Gasteiger partial charge is 0.411 e. The summed E-state index contributed by atoms with van der Waals surface area (Å²) in [5.74, 6) is 0.348. The van der Waals surface area contributed by atoms with Gasteiger partial charge < -0.3 is 14.8 Å². The third-order valence-corrected chi connectivity index (χ3v) is 4.42. The monoisotopic (exact) mass is 394 g/mol. The molecule has 0 radical (unpaired) electrons. The van der Waals surface area contributed by atoms with Gasteiger partial charge in [0.15, 0.2) is 0 Å². The Morgan fingerprint density at radius 1 is 1.14 bits per heavy atom. The average molecular weight is 394 g/mol. The van der Waals surface area contributed by atoms with Gasteiger partial charge in [0.05, 0.1) is 6.10 Å². The van der Waals surface area contributed by atoms with E-state index in [0.29, 0.717) is 31.4 Å². The summed E-state index contributed by atoms with van der Waals surface area (Å²) in [5.41, 5.74) is 0.268.